The molecule has 4 rings (SSSR count). The van der Waals surface area contributed by atoms with Crippen LogP contribution in [0.5, 0.6) is 11.5 Å². The summed E-state index contributed by atoms with van der Waals surface area (Å²) in [7, 11) is 3.21. The van der Waals surface area contributed by atoms with Crippen molar-refractivity contribution >= 4 is 17.8 Å². The summed E-state index contributed by atoms with van der Waals surface area (Å²) in [5.41, 5.74) is 5.17. The van der Waals surface area contributed by atoms with Crippen LogP contribution >= 0.6 is 0 Å². The second-order valence-electron chi connectivity index (χ2n) is 8.39. The van der Waals surface area contributed by atoms with Gasteiger partial charge in [-0.05, 0) is 67.8 Å². The number of ether oxygens (including phenoxy) is 2. The molecule has 0 spiro atoms. The molecule has 1 aliphatic rings. The molecule has 3 aromatic carbocycles. The van der Waals surface area contributed by atoms with E-state index in [1.165, 1.54) is 35.8 Å². The zero-order valence-corrected chi connectivity index (χ0v) is 22.1. The van der Waals surface area contributed by atoms with E-state index in [1.807, 2.05) is 18.2 Å². The van der Waals surface area contributed by atoms with Gasteiger partial charge in [0.25, 0.3) is 0 Å². The Labute approximate surface area is 223 Å². The van der Waals surface area contributed by atoms with Gasteiger partial charge in [0.1, 0.15) is 11.5 Å². The van der Waals surface area contributed by atoms with Crippen molar-refractivity contribution in [3.8, 4) is 11.5 Å². The van der Waals surface area contributed by atoms with Gasteiger partial charge in [0, 0.05) is 46.3 Å². The van der Waals surface area contributed by atoms with Gasteiger partial charge in [0.15, 0.2) is 0 Å². The minimum Gasteiger partial charge on any atom is -0.497 e. The third-order valence-electron chi connectivity index (χ3n) is 6.27. The fourth-order valence-corrected chi connectivity index (χ4v) is 4.61. The van der Waals surface area contributed by atoms with Crippen LogP contribution in [-0.4, -0.2) is 38.0 Å². The third-order valence-corrected chi connectivity index (χ3v) is 6.27. The van der Waals surface area contributed by atoms with E-state index in [4.69, 9.17) is 25.4 Å². The number of anilines is 1. The molecule has 1 unspecified atom stereocenters. The van der Waals surface area contributed by atoms with Gasteiger partial charge in [-0.3, -0.25) is 5.41 Å². The van der Waals surface area contributed by atoms with E-state index >= 15 is 0 Å². The average molecular weight is 531 g/mol. The van der Waals surface area contributed by atoms with Gasteiger partial charge in [0.2, 0.25) is 5.90 Å². The molecule has 0 saturated carbocycles. The standard InChI is InChI=1S/C21H24N2O.C8H9NO2.Co/c1-4-23-19-11-10-17(24-3)14-18(19)21(2,20(23)12-13-22)15-16-8-6-5-7-9-16;1-11-7-5-3-2-4-6(7)8(9)10;/h5-14,22H,4,15H2,1-3H3;2-5H,1H3,(H2,9,10);/b20-12-,22-13?;;. The number of aliphatic hydroxyl groups excluding tert-OH is 1. The Hall–Kier alpha value is -3.55. The number of allylic oxidation sites excluding steroid dienone is 2. The van der Waals surface area contributed by atoms with Crippen molar-refractivity contribution in [1.82, 2.24) is 0 Å². The van der Waals surface area contributed by atoms with Crippen molar-refractivity contribution in [2.75, 3.05) is 25.7 Å². The van der Waals surface area contributed by atoms with Crippen molar-refractivity contribution in [2.24, 2.45) is 0 Å². The van der Waals surface area contributed by atoms with Gasteiger partial charge in [-0.25, -0.2) is 0 Å². The number of methoxy groups -OCH3 is 2. The first-order chi connectivity index (χ1) is 16.9. The Balaban J connectivity index is 0.000000321. The number of rotatable bonds is 7. The molecule has 1 heterocycles. The summed E-state index contributed by atoms with van der Waals surface area (Å²) < 4.78 is 10.4. The summed E-state index contributed by atoms with van der Waals surface area (Å²) in [4.78, 5) is 2.31. The molecule has 0 fully saturated rings. The topological polar surface area (TPSA) is 89.6 Å². The molecule has 3 aromatic rings. The number of nitrogens with zero attached hydrogens (tertiary/aromatic N) is 1. The fraction of sp³-hybridized carbons (Fsp3) is 0.241. The number of hydrogen-bond donors (Lipinski definition) is 3. The van der Waals surface area contributed by atoms with Crippen molar-refractivity contribution < 1.29 is 31.4 Å². The monoisotopic (exact) mass is 530 g/mol. The van der Waals surface area contributed by atoms with Crippen LogP contribution in [0.15, 0.2) is 84.6 Å². The minimum atomic E-state index is -0.470. The van der Waals surface area contributed by atoms with Crippen LogP contribution in [0.4, 0.5) is 5.69 Å². The smallest absolute Gasteiger partial charge is 0.214 e. The summed E-state index contributed by atoms with van der Waals surface area (Å²) in [5.74, 6) is 0.919. The van der Waals surface area contributed by atoms with Crippen molar-refractivity contribution in [3.05, 3.63) is 101 Å². The Bertz CT molecular complexity index is 1210. The van der Waals surface area contributed by atoms with Gasteiger partial charge in [-0.2, -0.15) is 0 Å². The van der Waals surface area contributed by atoms with E-state index in [9.17, 15) is 0 Å². The van der Waals surface area contributed by atoms with Gasteiger partial charge in [0.05, 0.1) is 19.8 Å². The second kappa shape index (κ2) is 12.9. The summed E-state index contributed by atoms with van der Waals surface area (Å²) in [6.45, 7) is 5.30. The number of likely N-dealkylation sites (N-methyl/N-ethyl adjacent to an activating group) is 1. The zero-order valence-electron chi connectivity index (χ0n) is 21.0. The van der Waals surface area contributed by atoms with Crippen LogP contribution in [0.25, 0.3) is 0 Å². The SMILES string of the molecule is CCN1/C(=C\C=N)C(C)(Cc2ccccc2)c2cc(OC)ccc21.COc1ccccc1C(=N)O.[Co]. The van der Waals surface area contributed by atoms with Crippen LogP contribution in [0, 0.1) is 10.8 Å². The van der Waals surface area contributed by atoms with E-state index in [2.05, 4.69) is 55.1 Å². The molecule has 1 radical (unpaired) electrons. The number of nitrogens with one attached hydrogen (secondary N) is 2. The molecule has 0 saturated heterocycles. The van der Waals surface area contributed by atoms with E-state index in [1.54, 1.807) is 31.4 Å². The number of aliphatic hydroxyl groups is 1. The van der Waals surface area contributed by atoms with Crippen molar-refractivity contribution in [1.29, 1.82) is 10.8 Å². The largest absolute Gasteiger partial charge is 0.497 e. The Morgan fingerprint density at radius 3 is 2.22 bits per heavy atom. The van der Waals surface area contributed by atoms with Gasteiger partial charge < -0.3 is 24.9 Å². The molecular weight excluding hydrogens is 497 g/mol. The first kappa shape index (κ1) is 28.7. The van der Waals surface area contributed by atoms with Gasteiger partial charge in [-0.15, -0.1) is 0 Å². The quantitative estimate of drug-likeness (QED) is 0.253. The first-order valence-electron chi connectivity index (χ1n) is 11.5. The third kappa shape index (κ3) is 5.98. The minimum absolute atomic E-state index is 0. The fourth-order valence-electron chi connectivity index (χ4n) is 4.61. The molecule has 0 aliphatic carbocycles. The Morgan fingerprint density at radius 1 is 1.00 bits per heavy atom. The van der Waals surface area contributed by atoms with Crippen molar-refractivity contribution in [3.63, 3.8) is 0 Å². The number of hydrogen-bond acceptors (Lipinski definition) is 5. The molecule has 191 valence electrons. The van der Waals surface area contributed by atoms with Crippen molar-refractivity contribution in [2.45, 2.75) is 25.7 Å². The summed E-state index contributed by atoms with van der Waals surface area (Å²) >= 11 is 0. The van der Waals surface area contributed by atoms with Gasteiger partial charge >= 0.3 is 0 Å². The van der Waals surface area contributed by atoms with E-state index in [0.717, 1.165) is 18.7 Å². The number of benzene rings is 3. The molecule has 3 N–H and O–H groups in total. The molecule has 0 bridgehead atoms. The maximum absolute atomic E-state index is 8.84. The number of para-hydroxylation sites is 1. The predicted octanol–water partition coefficient (Wildman–Crippen LogP) is 6.15. The predicted molar refractivity (Wildman–Crippen MR) is 143 cm³/mol. The van der Waals surface area contributed by atoms with Crippen LogP contribution < -0.4 is 14.4 Å². The molecule has 6 nitrogen and oxygen atoms in total. The maximum Gasteiger partial charge on any atom is 0.214 e. The zero-order chi connectivity index (χ0) is 25.4. The first-order valence-corrected chi connectivity index (χ1v) is 11.5. The van der Waals surface area contributed by atoms with Crippen LogP contribution in [0.3, 0.4) is 0 Å². The van der Waals surface area contributed by atoms with E-state index in [0.29, 0.717) is 11.3 Å². The normalized spacial score (nSPS) is 16.8. The Kier molecular flexibility index (Phi) is 10.3. The molecule has 1 aliphatic heterocycles. The van der Waals surface area contributed by atoms with Gasteiger partial charge in [-0.1, -0.05) is 42.5 Å². The average Bonchev–Trinajstić information content (AvgIpc) is 3.11. The van der Waals surface area contributed by atoms with E-state index in [-0.39, 0.29) is 22.2 Å². The van der Waals surface area contributed by atoms with Crippen LogP contribution in [-0.2, 0) is 28.6 Å². The molecule has 36 heavy (non-hydrogen) atoms. The molecule has 0 aromatic heterocycles. The summed E-state index contributed by atoms with van der Waals surface area (Å²) in [6.07, 6.45) is 4.22. The number of fused-ring (bicyclic) bond motifs is 1. The summed E-state index contributed by atoms with van der Waals surface area (Å²) in [6, 6.07) is 23.7. The molecular formula is C29H33CoN3O3. The summed E-state index contributed by atoms with van der Waals surface area (Å²) in [5, 5.41) is 23.4. The second-order valence-corrected chi connectivity index (χ2v) is 8.39. The molecule has 0 amide bonds. The van der Waals surface area contributed by atoms with Crippen LogP contribution in [0.1, 0.15) is 30.5 Å². The maximum atomic E-state index is 8.84. The van der Waals surface area contributed by atoms with Crippen LogP contribution in [0.2, 0.25) is 0 Å². The Morgan fingerprint density at radius 2 is 1.67 bits per heavy atom. The van der Waals surface area contributed by atoms with E-state index < -0.39 is 5.90 Å². The molecule has 7 heteroatoms. The molecule has 1 atom stereocenters.